The number of rotatable bonds is 1. The van der Waals surface area contributed by atoms with Crippen LogP contribution in [0.15, 0.2) is 18.3 Å². The maximum atomic E-state index is 12.3. The minimum Gasteiger partial charge on any atom is -0.444 e. The van der Waals surface area contributed by atoms with E-state index in [0.717, 1.165) is 25.0 Å². The summed E-state index contributed by atoms with van der Waals surface area (Å²) in [6.07, 6.45) is 4.38. The number of aromatic nitrogens is 1. The Morgan fingerprint density at radius 3 is 2.75 bits per heavy atom. The summed E-state index contributed by atoms with van der Waals surface area (Å²) in [7, 11) is 0. The van der Waals surface area contributed by atoms with Crippen LogP contribution < -0.4 is 5.73 Å². The van der Waals surface area contributed by atoms with Crippen LogP contribution in [0.5, 0.6) is 0 Å². The monoisotopic (exact) mass is 277 g/mol. The van der Waals surface area contributed by atoms with E-state index in [0.29, 0.717) is 12.2 Å². The third-order valence-electron chi connectivity index (χ3n) is 3.28. The second kappa shape index (κ2) is 5.69. The van der Waals surface area contributed by atoms with E-state index >= 15 is 0 Å². The summed E-state index contributed by atoms with van der Waals surface area (Å²) in [5.41, 5.74) is 6.70. The van der Waals surface area contributed by atoms with Crippen LogP contribution in [0.1, 0.15) is 51.8 Å². The van der Waals surface area contributed by atoms with Crippen LogP contribution in [0.4, 0.5) is 10.5 Å². The molecule has 1 aliphatic rings. The zero-order valence-electron chi connectivity index (χ0n) is 12.4. The van der Waals surface area contributed by atoms with Gasteiger partial charge >= 0.3 is 6.09 Å². The topological polar surface area (TPSA) is 68.5 Å². The third kappa shape index (κ3) is 3.62. The molecule has 0 aliphatic carbocycles. The first kappa shape index (κ1) is 14.6. The first-order valence-electron chi connectivity index (χ1n) is 7.08. The van der Waals surface area contributed by atoms with Gasteiger partial charge in [-0.15, -0.1) is 0 Å². The third-order valence-corrected chi connectivity index (χ3v) is 3.28. The molecule has 1 fully saturated rings. The van der Waals surface area contributed by atoms with E-state index in [9.17, 15) is 4.79 Å². The minimum absolute atomic E-state index is 0.0146. The molecule has 0 bridgehead atoms. The highest BCUT2D eigenvalue weighted by Crippen LogP contribution is 2.31. The van der Waals surface area contributed by atoms with Crippen LogP contribution in [-0.2, 0) is 4.74 Å². The SMILES string of the molecule is CC(C)(C)OC(=O)N1CCCC[C@H]1c1ccc(N)cn1. The van der Waals surface area contributed by atoms with Crippen molar-refractivity contribution in [2.24, 2.45) is 0 Å². The van der Waals surface area contributed by atoms with Crippen LogP contribution in [0.3, 0.4) is 0 Å². The molecule has 20 heavy (non-hydrogen) atoms. The number of anilines is 1. The van der Waals surface area contributed by atoms with Gasteiger partial charge < -0.3 is 10.5 Å². The van der Waals surface area contributed by atoms with E-state index < -0.39 is 5.60 Å². The average Bonchev–Trinajstić information content (AvgIpc) is 2.38. The van der Waals surface area contributed by atoms with Gasteiger partial charge in [-0.05, 0) is 52.2 Å². The first-order chi connectivity index (χ1) is 9.37. The van der Waals surface area contributed by atoms with Crippen molar-refractivity contribution in [1.29, 1.82) is 0 Å². The zero-order chi connectivity index (χ0) is 14.8. The van der Waals surface area contributed by atoms with E-state index in [2.05, 4.69) is 4.98 Å². The molecule has 1 aromatic rings. The highest BCUT2D eigenvalue weighted by atomic mass is 16.6. The van der Waals surface area contributed by atoms with Gasteiger partial charge in [-0.3, -0.25) is 9.88 Å². The Morgan fingerprint density at radius 1 is 1.40 bits per heavy atom. The number of nitrogen functional groups attached to an aromatic ring is 1. The summed E-state index contributed by atoms with van der Waals surface area (Å²) < 4.78 is 5.49. The summed E-state index contributed by atoms with van der Waals surface area (Å²) in [6.45, 7) is 6.35. The number of hydrogen-bond acceptors (Lipinski definition) is 4. The molecule has 110 valence electrons. The van der Waals surface area contributed by atoms with E-state index in [1.165, 1.54) is 0 Å². The number of amides is 1. The number of hydrogen-bond donors (Lipinski definition) is 1. The van der Waals surface area contributed by atoms with Crippen molar-refractivity contribution in [2.75, 3.05) is 12.3 Å². The van der Waals surface area contributed by atoms with Crippen molar-refractivity contribution in [3.8, 4) is 0 Å². The Morgan fingerprint density at radius 2 is 2.15 bits per heavy atom. The summed E-state index contributed by atoms with van der Waals surface area (Å²) in [4.78, 5) is 18.5. The molecular formula is C15H23N3O2. The Balaban J connectivity index is 2.16. The molecule has 1 amide bonds. The predicted octanol–water partition coefficient (Wildman–Crippen LogP) is 3.13. The van der Waals surface area contributed by atoms with Crippen molar-refractivity contribution < 1.29 is 9.53 Å². The highest BCUT2D eigenvalue weighted by molar-refractivity contribution is 5.69. The van der Waals surface area contributed by atoms with Crippen LogP contribution in [0.25, 0.3) is 0 Å². The second-order valence-electron chi connectivity index (χ2n) is 6.20. The van der Waals surface area contributed by atoms with Gasteiger partial charge in [-0.2, -0.15) is 0 Å². The number of carbonyl (C=O) groups is 1. The molecule has 2 N–H and O–H groups in total. The van der Waals surface area contributed by atoms with E-state index in [1.54, 1.807) is 11.1 Å². The smallest absolute Gasteiger partial charge is 0.410 e. The van der Waals surface area contributed by atoms with Crippen LogP contribution in [0, 0.1) is 0 Å². The van der Waals surface area contributed by atoms with Gasteiger partial charge in [0.05, 0.1) is 23.6 Å². The largest absolute Gasteiger partial charge is 0.444 e. The summed E-state index contributed by atoms with van der Waals surface area (Å²) in [6, 6.07) is 3.70. The average molecular weight is 277 g/mol. The molecular weight excluding hydrogens is 254 g/mol. The lowest BCUT2D eigenvalue weighted by molar-refractivity contribution is 0.00901. The fraction of sp³-hybridized carbons (Fsp3) is 0.600. The molecule has 2 rings (SSSR count). The standard InChI is InChI=1S/C15H23N3O2/c1-15(2,3)20-14(19)18-9-5-4-6-13(18)12-8-7-11(16)10-17-12/h7-8,10,13H,4-6,9,16H2,1-3H3/t13-/m0/s1. The lowest BCUT2D eigenvalue weighted by atomic mass is 9.99. The molecule has 1 saturated heterocycles. The normalized spacial score (nSPS) is 19.8. The lowest BCUT2D eigenvalue weighted by Gasteiger charge is -2.36. The number of nitrogens with zero attached hydrogens (tertiary/aromatic N) is 2. The maximum absolute atomic E-state index is 12.3. The van der Waals surface area contributed by atoms with E-state index in [-0.39, 0.29) is 12.1 Å². The van der Waals surface area contributed by atoms with Crippen LogP contribution >= 0.6 is 0 Å². The van der Waals surface area contributed by atoms with Gasteiger partial charge in [0.2, 0.25) is 0 Å². The molecule has 1 aromatic heterocycles. The first-order valence-corrected chi connectivity index (χ1v) is 7.08. The number of ether oxygens (including phenoxy) is 1. The quantitative estimate of drug-likeness (QED) is 0.856. The number of pyridine rings is 1. The van der Waals surface area contributed by atoms with Crippen molar-refractivity contribution in [1.82, 2.24) is 9.88 Å². The molecule has 0 radical (unpaired) electrons. The van der Waals surface area contributed by atoms with Crippen LogP contribution in [-0.4, -0.2) is 28.1 Å². The van der Waals surface area contributed by atoms with Gasteiger partial charge in [0, 0.05) is 6.54 Å². The van der Waals surface area contributed by atoms with Crippen molar-refractivity contribution in [2.45, 2.75) is 51.7 Å². The maximum Gasteiger partial charge on any atom is 0.410 e. The molecule has 0 unspecified atom stereocenters. The van der Waals surface area contributed by atoms with Gasteiger partial charge in [-0.1, -0.05) is 0 Å². The van der Waals surface area contributed by atoms with E-state index in [4.69, 9.17) is 10.5 Å². The van der Waals surface area contributed by atoms with Crippen LogP contribution in [0.2, 0.25) is 0 Å². The number of piperidine rings is 1. The van der Waals surface area contributed by atoms with Crippen molar-refractivity contribution >= 4 is 11.8 Å². The zero-order valence-corrected chi connectivity index (χ0v) is 12.4. The van der Waals surface area contributed by atoms with Crippen molar-refractivity contribution in [3.05, 3.63) is 24.0 Å². The predicted molar refractivity (Wildman–Crippen MR) is 78.2 cm³/mol. The molecule has 1 atom stereocenters. The Labute approximate surface area is 120 Å². The molecule has 0 aromatic carbocycles. The van der Waals surface area contributed by atoms with Gasteiger partial charge in [-0.25, -0.2) is 4.79 Å². The number of likely N-dealkylation sites (tertiary alicyclic amines) is 1. The molecule has 5 heteroatoms. The molecule has 0 saturated carbocycles. The fourth-order valence-corrected chi connectivity index (χ4v) is 2.39. The van der Waals surface area contributed by atoms with E-state index in [1.807, 2.05) is 32.9 Å². The summed E-state index contributed by atoms with van der Waals surface area (Å²) >= 11 is 0. The van der Waals surface area contributed by atoms with Gasteiger partial charge in [0.15, 0.2) is 0 Å². The summed E-state index contributed by atoms with van der Waals surface area (Å²) in [5, 5.41) is 0. The number of nitrogens with two attached hydrogens (primary N) is 1. The lowest BCUT2D eigenvalue weighted by Crippen LogP contribution is -2.42. The molecule has 1 aliphatic heterocycles. The Kier molecular flexibility index (Phi) is 4.16. The van der Waals surface area contributed by atoms with Gasteiger partial charge in [0.1, 0.15) is 5.60 Å². The molecule has 2 heterocycles. The van der Waals surface area contributed by atoms with Crippen molar-refractivity contribution in [3.63, 3.8) is 0 Å². The summed E-state index contributed by atoms with van der Waals surface area (Å²) in [5.74, 6) is 0. The molecule has 0 spiro atoms. The number of carbonyl (C=O) groups excluding carboxylic acids is 1. The fourth-order valence-electron chi connectivity index (χ4n) is 2.39. The second-order valence-corrected chi connectivity index (χ2v) is 6.20. The van der Waals surface area contributed by atoms with Gasteiger partial charge in [0.25, 0.3) is 0 Å². The minimum atomic E-state index is -0.479. The highest BCUT2D eigenvalue weighted by Gasteiger charge is 2.32. The Hall–Kier alpha value is -1.78. The Bertz CT molecular complexity index is 465. The molecule has 5 nitrogen and oxygen atoms in total.